The lowest BCUT2D eigenvalue weighted by atomic mass is 10.2. The second-order valence-electron chi connectivity index (χ2n) is 2.60. The van der Waals surface area contributed by atoms with E-state index >= 15 is 0 Å². The monoisotopic (exact) mass is 234 g/mol. The van der Waals surface area contributed by atoms with Crippen LogP contribution in [-0.4, -0.2) is 0 Å². The summed E-state index contributed by atoms with van der Waals surface area (Å²) in [4.78, 5) is 0. The van der Waals surface area contributed by atoms with Gasteiger partial charge >= 0.3 is 0 Å². The van der Waals surface area contributed by atoms with Crippen LogP contribution in [-0.2, 0) is 5.88 Å². The van der Waals surface area contributed by atoms with E-state index in [1.807, 2.05) is 6.07 Å². The van der Waals surface area contributed by atoms with Crippen LogP contribution in [0.4, 0.5) is 4.39 Å². The van der Waals surface area contributed by atoms with Gasteiger partial charge in [-0.1, -0.05) is 17.7 Å². The zero-order valence-electron chi connectivity index (χ0n) is 6.48. The van der Waals surface area contributed by atoms with Crippen molar-refractivity contribution in [2.45, 2.75) is 5.88 Å². The molecule has 13 heavy (non-hydrogen) atoms. The van der Waals surface area contributed by atoms with Crippen molar-refractivity contribution >= 4 is 44.6 Å². The molecule has 1 aromatic carbocycles. The molecule has 0 N–H and O–H groups in total. The standard InChI is InChI=1S/C9H5Cl2FS/c10-4-5-8-6(12)2-1-3-7(8)13-9(5)11/h1-3H,4H2. The largest absolute Gasteiger partial charge is 0.206 e. The topological polar surface area (TPSA) is 0 Å². The molecule has 0 aliphatic heterocycles. The van der Waals surface area contributed by atoms with Gasteiger partial charge in [0, 0.05) is 15.6 Å². The third-order valence-electron chi connectivity index (χ3n) is 1.85. The molecular formula is C9H5Cl2FS. The molecule has 0 atom stereocenters. The maximum Gasteiger partial charge on any atom is 0.132 e. The number of benzene rings is 1. The zero-order chi connectivity index (χ0) is 9.42. The van der Waals surface area contributed by atoms with Gasteiger partial charge in [0.25, 0.3) is 0 Å². The molecule has 4 heteroatoms. The molecule has 0 unspecified atom stereocenters. The number of fused-ring (bicyclic) bond motifs is 1. The summed E-state index contributed by atoms with van der Waals surface area (Å²) in [5, 5.41) is 0.563. The number of thiophene rings is 1. The van der Waals surface area contributed by atoms with E-state index in [-0.39, 0.29) is 11.7 Å². The molecule has 0 fully saturated rings. The Balaban J connectivity index is 2.88. The smallest absolute Gasteiger partial charge is 0.132 e. The van der Waals surface area contributed by atoms with Crippen molar-refractivity contribution in [3.05, 3.63) is 33.9 Å². The normalized spacial score (nSPS) is 11.0. The molecular weight excluding hydrogens is 230 g/mol. The van der Waals surface area contributed by atoms with Gasteiger partial charge in [0.05, 0.1) is 10.2 Å². The van der Waals surface area contributed by atoms with Crippen molar-refractivity contribution < 1.29 is 4.39 Å². The van der Waals surface area contributed by atoms with E-state index in [1.54, 1.807) is 6.07 Å². The fourth-order valence-electron chi connectivity index (χ4n) is 1.26. The van der Waals surface area contributed by atoms with Crippen LogP contribution in [0.15, 0.2) is 18.2 Å². The second kappa shape index (κ2) is 3.45. The Morgan fingerprint density at radius 1 is 1.38 bits per heavy atom. The van der Waals surface area contributed by atoms with Crippen molar-refractivity contribution in [2.24, 2.45) is 0 Å². The van der Waals surface area contributed by atoms with Crippen LogP contribution in [0.25, 0.3) is 10.1 Å². The number of hydrogen-bond acceptors (Lipinski definition) is 1. The van der Waals surface area contributed by atoms with Crippen LogP contribution in [0.3, 0.4) is 0 Å². The summed E-state index contributed by atoms with van der Waals surface area (Å²) in [5.41, 5.74) is 0.696. The first kappa shape index (κ1) is 9.25. The van der Waals surface area contributed by atoms with Crippen molar-refractivity contribution in [3.8, 4) is 0 Å². The molecule has 0 amide bonds. The van der Waals surface area contributed by atoms with E-state index in [0.29, 0.717) is 15.3 Å². The summed E-state index contributed by atoms with van der Waals surface area (Å²) in [6.45, 7) is 0. The predicted octanol–water partition coefficient (Wildman–Crippen LogP) is 4.43. The predicted molar refractivity (Wildman–Crippen MR) is 56.4 cm³/mol. The van der Waals surface area contributed by atoms with Crippen LogP contribution in [0.1, 0.15) is 5.56 Å². The van der Waals surface area contributed by atoms with Crippen LogP contribution < -0.4 is 0 Å². The van der Waals surface area contributed by atoms with Gasteiger partial charge in [-0.25, -0.2) is 4.39 Å². The van der Waals surface area contributed by atoms with Crippen molar-refractivity contribution in [3.63, 3.8) is 0 Å². The third kappa shape index (κ3) is 1.43. The van der Waals surface area contributed by atoms with Crippen molar-refractivity contribution in [2.75, 3.05) is 0 Å². The quantitative estimate of drug-likeness (QED) is 0.641. The van der Waals surface area contributed by atoms with E-state index < -0.39 is 0 Å². The Labute approximate surface area is 88.9 Å². The molecule has 68 valence electrons. The minimum atomic E-state index is -0.253. The fraction of sp³-hybridized carbons (Fsp3) is 0.111. The van der Waals surface area contributed by atoms with Crippen LogP contribution in [0.5, 0.6) is 0 Å². The summed E-state index contributed by atoms with van der Waals surface area (Å²) >= 11 is 12.9. The molecule has 0 aliphatic carbocycles. The second-order valence-corrected chi connectivity index (χ2v) is 4.52. The van der Waals surface area contributed by atoms with Gasteiger partial charge in [-0.05, 0) is 12.1 Å². The summed E-state index contributed by atoms with van der Waals surface area (Å²) in [5.74, 6) is -0.00366. The summed E-state index contributed by atoms with van der Waals surface area (Å²) < 4.78 is 14.8. The Morgan fingerprint density at radius 2 is 2.15 bits per heavy atom. The lowest BCUT2D eigenvalue weighted by Gasteiger charge is -1.94. The van der Waals surface area contributed by atoms with Crippen LogP contribution >= 0.6 is 34.5 Å². The molecule has 2 aromatic rings. The maximum absolute atomic E-state index is 13.3. The zero-order valence-corrected chi connectivity index (χ0v) is 8.81. The summed E-state index contributed by atoms with van der Waals surface area (Å²) in [7, 11) is 0. The minimum Gasteiger partial charge on any atom is -0.206 e. The molecule has 0 saturated carbocycles. The molecule has 0 nitrogen and oxygen atoms in total. The van der Waals surface area contributed by atoms with Crippen molar-refractivity contribution in [1.29, 1.82) is 0 Å². The van der Waals surface area contributed by atoms with Gasteiger partial charge in [0.1, 0.15) is 5.82 Å². The Hall–Kier alpha value is -0.310. The lowest BCUT2D eigenvalue weighted by molar-refractivity contribution is 0.639. The highest BCUT2D eigenvalue weighted by atomic mass is 35.5. The molecule has 0 radical (unpaired) electrons. The van der Waals surface area contributed by atoms with Gasteiger partial charge < -0.3 is 0 Å². The molecule has 2 rings (SSSR count). The molecule has 1 heterocycles. The van der Waals surface area contributed by atoms with Gasteiger partial charge in [-0.2, -0.15) is 0 Å². The van der Waals surface area contributed by atoms with Crippen LogP contribution in [0, 0.1) is 5.82 Å². The number of alkyl halides is 1. The van der Waals surface area contributed by atoms with E-state index in [2.05, 4.69) is 0 Å². The first-order chi connectivity index (χ1) is 6.24. The van der Waals surface area contributed by atoms with E-state index in [9.17, 15) is 4.39 Å². The van der Waals surface area contributed by atoms with Gasteiger partial charge in [-0.15, -0.1) is 22.9 Å². The number of hydrogen-bond donors (Lipinski definition) is 0. The minimum absolute atomic E-state index is 0.250. The molecule has 0 saturated heterocycles. The lowest BCUT2D eigenvalue weighted by Crippen LogP contribution is -1.79. The third-order valence-corrected chi connectivity index (χ3v) is 3.56. The highest BCUT2D eigenvalue weighted by Gasteiger charge is 2.12. The molecule has 0 bridgehead atoms. The molecule has 0 aliphatic rings. The fourth-order valence-corrected chi connectivity index (χ4v) is 3.04. The SMILES string of the molecule is Fc1cccc2sc(Cl)c(CCl)c12. The molecule has 0 spiro atoms. The first-order valence-corrected chi connectivity index (χ1v) is 5.38. The average molecular weight is 235 g/mol. The van der Waals surface area contributed by atoms with E-state index in [4.69, 9.17) is 23.2 Å². The average Bonchev–Trinajstić information content (AvgIpc) is 2.42. The van der Waals surface area contributed by atoms with E-state index in [1.165, 1.54) is 17.4 Å². The van der Waals surface area contributed by atoms with E-state index in [0.717, 1.165) is 4.70 Å². The Bertz CT molecular complexity index is 450. The number of halogens is 3. The first-order valence-electron chi connectivity index (χ1n) is 3.65. The summed E-state index contributed by atoms with van der Waals surface area (Å²) in [6.07, 6.45) is 0. The summed E-state index contributed by atoms with van der Waals surface area (Å²) in [6, 6.07) is 4.93. The van der Waals surface area contributed by atoms with Gasteiger partial charge in [-0.3, -0.25) is 0 Å². The van der Waals surface area contributed by atoms with Crippen LogP contribution in [0.2, 0.25) is 4.34 Å². The van der Waals surface area contributed by atoms with Gasteiger partial charge in [0.15, 0.2) is 0 Å². The van der Waals surface area contributed by atoms with Crippen molar-refractivity contribution in [1.82, 2.24) is 0 Å². The number of rotatable bonds is 1. The van der Waals surface area contributed by atoms with Gasteiger partial charge in [0.2, 0.25) is 0 Å². The Kier molecular flexibility index (Phi) is 2.45. The highest BCUT2D eigenvalue weighted by molar-refractivity contribution is 7.23. The highest BCUT2D eigenvalue weighted by Crippen LogP contribution is 2.37. The maximum atomic E-state index is 13.3. The molecule has 1 aromatic heterocycles. The Morgan fingerprint density at radius 3 is 2.85 bits per heavy atom.